The van der Waals surface area contributed by atoms with Crippen LogP contribution in [0.25, 0.3) is 0 Å². The Hall–Kier alpha value is -0.530. The number of rotatable bonds is 9. The Morgan fingerprint density at radius 2 is 1.69 bits per heavy atom. The molecule has 0 amide bonds. The Labute approximate surface area is 180 Å². The molecule has 0 heterocycles. The molecule has 3 aliphatic rings. The first kappa shape index (κ1) is 23.1. The normalized spacial score (nSPS) is 37.6. The summed E-state index contributed by atoms with van der Waals surface area (Å²) < 4.78 is 6.71. The quantitative estimate of drug-likeness (QED) is 0.369. The highest BCUT2D eigenvalue weighted by atomic mass is 16.6. The summed E-state index contributed by atoms with van der Waals surface area (Å²) in [6.45, 7) is 18.2. The molecule has 2 heteroatoms. The Balaban J connectivity index is 1.85. The van der Waals surface area contributed by atoms with Gasteiger partial charge < -0.3 is 4.74 Å². The molecule has 2 bridgehead atoms. The third kappa shape index (κ3) is 4.03. The number of carbonyl (C=O) groups is 1. The molecule has 0 spiro atoms. The van der Waals surface area contributed by atoms with Crippen molar-refractivity contribution in [1.29, 1.82) is 0 Å². The maximum atomic E-state index is 13.8. The van der Waals surface area contributed by atoms with E-state index in [1.807, 2.05) is 0 Å². The van der Waals surface area contributed by atoms with Crippen LogP contribution in [0, 0.1) is 46.3 Å². The molecular weight excluding hydrogens is 356 g/mol. The van der Waals surface area contributed by atoms with E-state index < -0.39 is 0 Å². The first-order valence-corrected chi connectivity index (χ1v) is 12.7. The van der Waals surface area contributed by atoms with E-state index in [9.17, 15) is 4.79 Å². The highest BCUT2D eigenvalue weighted by molar-refractivity contribution is 5.74. The molecule has 168 valence electrons. The number of fused-ring (bicyclic) bond motifs is 5. The van der Waals surface area contributed by atoms with Crippen molar-refractivity contribution < 1.29 is 9.53 Å². The van der Waals surface area contributed by atoms with Gasteiger partial charge in [-0.3, -0.25) is 4.79 Å². The minimum absolute atomic E-state index is 0.0138. The summed E-state index contributed by atoms with van der Waals surface area (Å²) >= 11 is 0. The second-order valence-electron chi connectivity index (χ2n) is 12.4. The van der Waals surface area contributed by atoms with Gasteiger partial charge in [0.1, 0.15) is 5.60 Å². The Kier molecular flexibility index (Phi) is 6.54. The van der Waals surface area contributed by atoms with Gasteiger partial charge in [-0.1, -0.05) is 74.1 Å². The van der Waals surface area contributed by atoms with Crippen LogP contribution in [0.4, 0.5) is 0 Å². The van der Waals surface area contributed by atoms with E-state index >= 15 is 0 Å². The highest BCUT2D eigenvalue weighted by Crippen LogP contribution is 2.67. The van der Waals surface area contributed by atoms with Gasteiger partial charge >= 0.3 is 5.97 Å². The first-order valence-electron chi connectivity index (χ1n) is 12.7. The summed E-state index contributed by atoms with van der Waals surface area (Å²) in [7, 11) is 0. The van der Waals surface area contributed by atoms with Crippen molar-refractivity contribution in [3.05, 3.63) is 0 Å². The van der Waals surface area contributed by atoms with E-state index in [0.717, 1.165) is 37.0 Å². The van der Waals surface area contributed by atoms with Gasteiger partial charge in [0.25, 0.3) is 0 Å². The fourth-order valence-electron chi connectivity index (χ4n) is 7.39. The molecule has 0 radical (unpaired) electrons. The molecule has 3 rings (SSSR count). The average Bonchev–Trinajstić information content (AvgIpc) is 3.32. The molecule has 3 fully saturated rings. The molecule has 29 heavy (non-hydrogen) atoms. The van der Waals surface area contributed by atoms with Crippen molar-refractivity contribution in [3.8, 4) is 0 Å². The number of hydrogen-bond acceptors (Lipinski definition) is 2. The van der Waals surface area contributed by atoms with E-state index in [0.29, 0.717) is 11.8 Å². The lowest BCUT2D eigenvalue weighted by atomic mass is 9.65. The van der Waals surface area contributed by atoms with Crippen molar-refractivity contribution in [2.24, 2.45) is 46.3 Å². The van der Waals surface area contributed by atoms with E-state index in [1.165, 1.54) is 38.5 Å². The van der Waals surface area contributed by atoms with Gasteiger partial charge in [0, 0.05) is 11.8 Å². The lowest BCUT2D eigenvalue weighted by Crippen LogP contribution is -2.51. The van der Waals surface area contributed by atoms with Crippen LogP contribution in [0.5, 0.6) is 0 Å². The monoisotopic (exact) mass is 404 g/mol. The number of esters is 1. The van der Waals surface area contributed by atoms with Crippen LogP contribution in [-0.2, 0) is 9.53 Å². The van der Waals surface area contributed by atoms with E-state index in [1.54, 1.807) is 0 Å². The zero-order valence-electron chi connectivity index (χ0n) is 20.6. The first-order chi connectivity index (χ1) is 13.5. The molecule has 0 aromatic heterocycles. The minimum Gasteiger partial charge on any atom is -0.459 e. The van der Waals surface area contributed by atoms with Crippen LogP contribution in [0.15, 0.2) is 0 Å². The summed E-state index contributed by atoms with van der Waals surface area (Å²) in [5.74, 6) is 3.80. The van der Waals surface area contributed by atoms with Crippen molar-refractivity contribution in [2.45, 2.75) is 119 Å². The number of hydrogen-bond donors (Lipinski definition) is 0. The van der Waals surface area contributed by atoms with Crippen molar-refractivity contribution in [3.63, 3.8) is 0 Å². The molecule has 0 aromatic carbocycles. The summed E-state index contributed by atoms with van der Waals surface area (Å²) in [4.78, 5) is 13.8. The van der Waals surface area contributed by atoms with Crippen molar-refractivity contribution >= 4 is 5.97 Å². The van der Waals surface area contributed by atoms with E-state index in [4.69, 9.17) is 4.74 Å². The van der Waals surface area contributed by atoms with E-state index in [2.05, 4.69) is 55.4 Å². The summed E-state index contributed by atoms with van der Waals surface area (Å²) in [6, 6.07) is 0. The molecule has 3 aliphatic carbocycles. The summed E-state index contributed by atoms with van der Waals surface area (Å²) in [5.41, 5.74) is -0.0829. The van der Waals surface area contributed by atoms with Gasteiger partial charge in [-0.25, -0.2) is 0 Å². The molecule has 0 aromatic rings. The maximum absolute atomic E-state index is 13.8. The second kappa shape index (κ2) is 8.19. The standard InChI is InChI=1S/C27H48O2/c1-9-13-21-20-16-22(19-15-12-14-18(19)20)27(21,8)29-24(28)23(26(6,7)11-3)17-25(4,5)10-2/h18-23H,9-17H2,1-8H3. The van der Waals surface area contributed by atoms with Gasteiger partial charge in [0.05, 0.1) is 5.92 Å². The molecule has 0 aliphatic heterocycles. The molecule has 7 unspecified atom stereocenters. The fraction of sp³-hybridized carbons (Fsp3) is 0.963. The number of carbonyl (C=O) groups excluding carboxylic acids is 1. The Morgan fingerprint density at radius 3 is 2.28 bits per heavy atom. The lowest BCUT2D eigenvalue weighted by Gasteiger charge is -2.47. The molecule has 0 N–H and O–H groups in total. The highest BCUT2D eigenvalue weighted by Gasteiger charge is 2.66. The number of ether oxygens (including phenoxy) is 1. The van der Waals surface area contributed by atoms with Crippen LogP contribution in [-0.4, -0.2) is 11.6 Å². The van der Waals surface area contributed by atoms with Gasteiger partial charge in [-0.15, -0.1) is 0 Å². The van der Waals surface area contributed by atoms with Gasteiger partial charge in [0.2, 0.25) is 0 Å². The van der Waals surface area contributed by atoms with Crippen LogP contribution >= 0.6 is 0 Å². The van der Waals surface area contributed by atoms with Gasteiger partial charge in [-0.2, -0.15) is 0 Å². The van der Waals surface area contributed by atoms with E-state index in [-0.39, 0.29) is 28.3 Å². The molecular formula is C27H48O2. The van der Waals surface area contributed by atoms with Crippen LogP contribution in [0.3, 0.4) is 0 Å². The fourth-order valence-corrected chi connectivity index (χ4v) is 7.39. The zero-order valence-corrected chi connectivity index (χ0v) is 20.6. The smallest absolute Gasteiger partial charge is 0.310 e. The Bertz CT molecular complexity index is 591. The molecule has 2 nitrogen and oxygen atoms in total. The Morgan fingerprint density at radius 1 is 1.03 bits per heavy atom. The molecule has 7 atom stereocenters. The minimum atomic E-state index is -0.234. The molecule has 0 saturated heterocycles. The summed E-state index contributed by atoms with van der Waals surface area (Å²) in [6.07, 6.45) is 10.9. The van der Waals surface area contributed by atoms with Gasteiger partial charge in [-0.05, 0) is 67.6 Å². The SMILES string of the molecule is CCCC1C2CC(C3CCCC23)C1(C)OC(=O)C(CC(C)(C)CC)C(C)(C)CC. The van der Waals surface area contributed by atoms with Gasteiger partial charge in [0.15, 0.2) is 0 Å². The van der Waals surface area contributed by atoms with Crippen LogP contribution in [0.1, 0.15) is 113 Å². The van der Waals surface area contributed by atoms with Crippen LogP contribution in [0.2, 0.25) is 0 Å². The third-order valence-corrected chi connectivity index (χ3v) is 9.98. The zero-order chi connectivity index (χ0) is 21.6. The lowest BCUT2D eigenvalue weighted by molar-refractivity contribution is -0.187. The van der Waals surface area contributed by atoms with Crippen molar-refractivity contribution in [1.82, 2.24) is 0 Å². The topological polar surface area (TPSA) is 26.3 Å². The predicted molar refractivity (Wildman–Crippen MR) is 122 cm³/mol. The largest absolute Gasteiger partial charge is 0.459 e. The average molecular weight is 405 g/mol. The third-order valence-electron chi connectivity index (χ3n) is 9.98. The van der Waals surface area contributed by atoms with Crippen molar-refractivity contribution in [2.75, 3.05) is 0 Å². The van der Waals surface area contributed by atoms with Crippen LogP contribution < -0.4 is 0 Å². The molecule has 3 saturated carbocycles. The summed E-state index contributed by atoms with van der Waals surface area (Å²) in [5, 5.41) is 0. The predicted octanol–water partition coefficient (Wildman–Crippen LogP) is 7.65. The second-order valence-corrected chi connectivity index (χ2v) is 12.4. The maximum Gasteiger partial charge on any atom is 0.310 e.